The van der Waals surface area contributed by atoms with E-state index in [-0.39, 0.29) is 22.7 Å². The molecule has 0 radical (unpaired) electrons. The van der Waals surface area contributed by atoms with E-state index < -0.39 is 0 Å². The number of nitrogens with zero attached hydrogens (tertiary/aromatic N) is 5. The molecule has 0 amide bonds. The molecule has 3 heterocycles. The molecule has 5 nitrogen and oxygen atoms in total. The second-order valence-electron chi connectivity index (χ2n) is 14.4. The van der Waals surface area contributed by atoms with Gasteiger partial charge in [-0.25, -0.2) is 15.0 Å². The fourth-order valence-corrected chi connectivity index (χ4v) is 5.37. The van der Waals surface area contributed by atoms with Crippen molar-refractivity contribution in [1.29, 1.82) is 0 Å². The third kappa shape index (κ3) is 6.62. The third-order valence-electron chi connectivity index (χ3n) is 7.82. The van der Waals surface area contributed by atoms with Gasteiger partial charge in [0.25, 0.3) is 0 Å². The van der Waals surface area contributed by atoms with Gasteiger partial charge < -0.3 is 0 Å². The van der Waals surface area contributed by atoms with Crippen LogP contribution in [0.1, 0.15) is 104 Å². The molecule has 5 heteroatoms. The van der Waals surface area contributed by atoms with E-state index >= 15 is 0 Å². The molecule has 0 saturated heterocycles. The molecule has 5 aromatic rings. The van der Waals surface area contributed by atoms with Gasteiger partial charge in [0.2, 0.25) is 0 Å². The van der Waals surface area contributed by atoms with Gasteiger partial charge >= 0.3 is 0 Å². The topological polar surface area (TPSA) is 64.5 Å². The zero-order valence-corrected chi connectivity index (χ0v) is 27.9. The number of hydrogen-bond donors (Lipinski definition) is 0. The quantitative estimate of drug-likeness (QED) is 0.199. The van der Waals surface area contributed by atoms with E-state index in [9.17, 15) is 0 Å². The van der Waals surface area contributed by atoms with Gasteiger partial charge in [-0.3, -0.25) is 9.97 Å². The first-order chi connectivity index (χ1) is 20.7. The summed E-state index contributed by atoms with van der Waals surface area (Å²) < 4.78 is 0. The number of hydrogen-bond acceptors (Lipinski definition) is 5. The Balaban J connectivity index is 1.80. The van der Waals surface area contributed by atoms with Gasteiger partial charge in [0, 0.05) is 39.9 Å². The van der Waals surface area contributed by atoms with Gasteiger partial charge in [-0.05, 0) is 88.7 Å². The lowest BCUT2D eigenvalue weighted by molar-refractivity contribution is 0.497. The summed E-state index contributed by atoms with van der Waals surface area (Å²) in [5.41, 5.74) is 9.61. The van der Waals surface area contributed by atoms with E-state index in [0.717, 1.165) is 51.1 Å². The van der Waals surface area contributed by atoms with E-state index in [4.69, 9.17) is 24.9 Å². The second-order valence-corrected chi connectivity index (χ2v) is 14.4. The summed E-state index contributed by atoms with van der Waals surface area (Å²) in [4.78, 5) is 24.4. The number of aromatic nitrogens is 5. The van der Waals surface area contributed by atoms with Crippen LogP contribution in [-0.2, 0) is 10.8 Å². The summed E-state index contributed by atoms with van der Waals surface area (Å²) in [6.45, 7) is 22.0. The van der Waals surface area contributed by atoms with Gasteiger partial charge in [-0.1, -0.05) is 81.4 Å². The standard InChI is InChI=1S/C39H45N5/c1-24(2)30-22-29(35-42-36(38(5,6)7)44-37(43-35)39(8,9)10)23-31(25(3)4)34(30)28-20-26(32-15-11-13-17-40-32)19-27(21-28)33-16-12-14-18-41-33/h11-25H,1-10H3. The zero-order chi connectivity index (χ0) is 31.8. The minimum Gasteiger partial charge on any atom is -0.256 e. The van der Waals surface area contributed by atoms with Gasteiger partial charge in [-0.15, -0.1) is 0 Å². The first-order valence-electron chi connectivity index (χ1n) is 15.7. The Morgan fingerprint density at radius 2 is 0.932 bits per heavy atom. The first-order valence-corrected chi connectivity index (χ1v) is 15.7. The van der Waals surface area contributed by atoms with Gasteiger partial charge in [-0.2, -0.15) is 0 Å². The van der Waals surface area contributed by atoms with Gasteiger partial charge in [0.15, 0.2) is 5.82 Å². The molecule has 226 valence electrons. The smallest absolute Gasteiger partial charge is 0.163 e. The molecule has 0 aliphatic heterocycles. The fourth-order valence-electron chi connectivity index (χ4n) is 5.37. The predicted molar refractivity (Wildman–Crippen MR) is 183 cm³/mol. The zero-order valence-electron chi connectivity index (χ0n) is 27.9. The highest BCUT2D eigenvalue weighted by Gasteiger charge is 2.27. The van der Waals surface area contributed by atoms with Crippen LogP contribution >= 0.6 is 0 Å². The Bertz CT molecular complexity index is 1640. The van der Waals surface area contributed by atoms with Crippen LogP contribution in [0.2, 0.25) is 0 Å². The lowest BCUT2D eigenvalue weighted by atomic mass is 9.82. The SMILES string of the molecule is CC(C)c1cc(-c2nc(C(C)(C)C)nc(C(C)(C)C)n2)cc(C(C)C)c1-c1cc(-c2ccccn2)cc(-c2ccccn2)c1. The van der Waals surface area contributed by atoms with E-state index in [1.165, 1.54) is 16.7 Å². The second kappa shape index (κ2) is 12.0. The van der Waals surface area contributed by atoms with Crippen molar-refractivity contribution in [3.63, 3.8) is 0 Å². The van der Waals surface area contributed by atoms with Crippen LogP contribution in [0.4, 0.5) is 0 Å². The van der Waals surface area contributed by atoms with Crippen molar-refractivity contribution in [2.45, 2.75) is 91.9 Å². The summed E-state index contributed by atoms with van der Waals surface area (Å²) in [7, 11) is 0. The average molecular weight is 584 g/mol. The fraction of sp³-hybridized carbons (Fsp3) is 0.359. The van der Waals surface area contributed by atoms with E-state index in [1.807, 2.05) is 36.7 Å². The molecule has 0 N–H and O–H groups in total. The Labute approximate surface area is 263 Å². The molecule has 0 aliphatic carbocycles. The highest BCUT2D eigenvalue weighted by atomic mass is 15.1. The van der Waals surface area contributed by atoms with E-state index in [2.05, 4.69) is 112 Å². The lowest BCUT2D eigenvalue weighted by Crippen LogP contribution is -2.24. The molecule has 0 aliphatic rings. The Hall–Kier alpha value is -4.25. The molecule has 3 aromatic heterocycles. The predicted octanol–water partition coefficient (Wildman–Crippen LogP) is 10.2. The molecule has 5 rings (SSSR count). The summed E-state index contributed by atoms with van der Waals surface area (Å²) in [5.74, 6) is 2.91. The van der Waals surface area contributed by atoms with Crippen molar-refractivity contribution in [3.8, 4) is 45.0 Å². The largest absolute Gasteiger partial charge is 0.256 e. The summed E-state index contributed by atoms with van der Waals surface area (Å²) in [6, 6.07) is 23.5. The van der Waals surface area contributed by atoms with Crippen LogP contribution in [0.15, 0.2) is 79.1 Å². The van der Waals surface area contributed by atoms with E-state index in [1.54, 1.807) is 0 Å². The Kier molecular flexibility index (Phi) is 8.53. The molecular weight excluding hydrogens is 538 g/mol. The molecule has 2 aromatic carbocycles. The molecular formula is C39H45N5. The highest BCUT2D eigenvalue weighted by Crippen LogP contribution is 2.42. The summed E-state index contributed by atoms with van der Waals surface area (Å²) >= 11 is 0. The maximum Gasteiger partial charge on any atom is 0.163 e. The normalized spacial score (nSPS) is 12.3. The molecule has 0 saturated carbocycles. The van der Waals surface area contributed by atoms with Gasteiger partial charge in [0.05, 0.1) is 11.4 Å². The van der Waals surface area contributed by atoms with E-state index in [0.29, 0.717) is 0 Å². The molecule has 0 spiro atoms. The number of pyridine rings is 2. The monoisotopic (exact) mass is 583 g/mol. The molecule has 0 bridgehead atoms. The Morgan fingerprint density at radius 3 is 1.30 bits per heavy atom. The van der Waals surface area contributed by atoms with Crippen molar-refractivity contribution >= 4 is 0 Å². The van der Waals surface area contributed by atoms with Crippen LogP contribution in [0.5, 0.6) is 0 Å². The number of benzene rings is 2. The first kappa shape index (κ1) is 31.2. The van der Waals surface area contributed by atoms with Gasteiger partial charge in [0.1, 0.15) is 11.6 Å². The summed E-state index contributed by atoms with van der Waals surface area (Å²) in [5, 5.41) is 0. The van der Waals surface area contributed by atoms with Crippen LogP contribution in [0, 0.1) is 0 Å². The maximum absolute atomic E-state index is 5.06. The van der Waals surface area contributed by atoms with Crippen LogP contribution < -0.4 is 0 Å². The summed E-state index contributed by atoms with van der Waals surface area (Å²) in [6.07, 6.45) is 3.70. The van der Waals surface area contributed by atoms with Crippen molar-refractivity contribution in [1.82, 2.24) is 24.9 Å². The molecule has 0 fully saturated rings. The molecule has 0 atom stereocenters. The number of rotatable bonds is 6. The third-order valence-corrected chi connectivity index (χ3v) is 7.82. The van der Waals surface area contributed by atoms with Crippen LogP contribution in [0.25, 0.3) is 45.0 Å². The van der Waals surface area contributed by atoms with Crippen LogP contribution in [-0.4, -0.2) is 24.9 Å². The van der Waals surface area contributed by atoms with Crippen LogP contribution in [0.3, 0.4) is 0 Å². The Morgan fingerprint density at radius 1 is 0.500 bits per heavy atom. The highest BCUT2D eigenvalue weighted by molar-refractivity contribution is 5.84. The maximum atomic E-state index is 5.06. The lowest BCUT2D eigenvalue weighted by Gasteiger charge is -2.25. The minimum absolute atomic E-state index is 0.201. The van der Waals surface area contributed by atoms with Crippen molar-refractivity contribution in [2.24, 2.45) is 0 Å². The van der Waals surface area contributed by atoms with Crippen molar-refractivity contribution < 1.29 is 0 Å². The average Bonchev–Trinajstić information content (AvgIpc) is 3.00. The minimum atomic E-state index is -0.201. The van der Waals surface area contributed by atoms with Crippen molar-refractivity contribution in [3.05, 3.63) is 102 Å². The molecule has 0 unspecified atom stereocenters. The molecule has 44 heavy (non-hydrogen) atoms. The van der Waals surface area contributed by atoms with Crippen molar-refractivity contribution in [2.75, 3.05) is 0 Å².